The van der Waals surface area contributed by atoms with Crippen LogP contribution in [0, 0.1) is 6.92 Å². The summed E-state index contributed by atoms with van der Waals surface area (Å²) in [4.78, 5) is 0. The topological polar surface area (TPSA) is 76.4 Å². The van der Waals surface area contributed by atoms with Crippen molar-refractivity contribution in [1.82, 2.24) is 19.9 Å². The Morgan fingerprint density at radius 3 is 3.11 bits per heavy atom. The van der Waals surface area contributed by atoms with Gasteiger partial charge in [-0.2, -0.15) is 0 Å². The van der Waals surface area contributed by atoms with Gasteiger partial charge in [-0.15, -0.1) is 10.2 Å². The van der Waals surface area contributed by atoms with Gasteiger partial charge in [0.15, 0.2) is 15.5 Å². The maximum absolute atomic E-state index is 11.6. The summed E-state index contributed by atoms with van der Waals surface area (Å²) < 4.78 is 25.1. The number of nitrogens with one attached hydrogen (secondary N) is 1. The van der Waals surface area contributed by atoms with Gasteiger partial charge in [0.2, 0.25) is 0 Å². The first-order valence-corrected chi connectivity index (χ1v) is 8.10. The molecule has 0 spiro atoms. The summed E-state index contributed by atoms with van der Waals surface area (Å²) >= 11 is 0. The molecule has 0 amide bonds. The number of rotatable bonds is 2. The molecule has 3 rings (SSSR count). The van der Waals surface area contributed by atoms with E-state index in [-0.39, 0.29) is 17.5 Å². The average molecular weight is 280 g/mol. The van der Waals surface area contributed by atoms with Crippen LogP contribution in [-0.2, 0) is 16.3 Å². The van der Waals surface area contributed by atoms with Crippen LogP contribution in [0.1, 0.15) is 11.4 Å². The van der Waals surface area contributed by atoms with Gasteiger partial charge in [0.1, 0.15) is 5.82 Å². The van der Waals surface area contributed by atoms with Crippen molar-refractivity contribution in [3.05, 3.63) is 29.7 Å². The van der Waals surface area contributed by atoms with E-state index in [1.54, 1.807) is 0 Å². The van der Waals surface area contributed by atoms with E-state index >= 15 is 0 Å². The summed E-state index contributed by atoms with van der Waals surface area (Å²) in [6, 6.07) is 3.87. The van der Waals surface area contributed by atoms with Crippen LogP contribution in [0.4, 0.5) is 0 Å². The Hall–Kier alpha value is -1.47. The lowest BCUT2D eigenvalue weighted by atomic mass is 10.2. The number of aromatic nitrogens is 3. The van der Waals surface area contributed by atoms with Crippen molar-refractivity contribution in [2.24, 2.45) is 0 Å². The van der Waals surface area contributed by atoms with E-state index in [1.807, 2.05) is 29.7 Å². The molecule has 1 aliphatic rings. The number of hydrogen-bond acceptors (Lipinski definition) is 5. The molecular formula is C12H16N4O2S. The van der Waals surface area contributed by atoms with Gasteiger partial charge in [-0.25, -0.2) is 8.42 Å². The Morgan fingerprint density at radius 2 is 2.32 bits per heavy atom. The summed E-state index contributed by atoms with van der Waals surface area (Å²) in [5.74, 6) is 1.20. The van der Waals surface area contributed by atoms with E-state index in [4.69, 9.17) is 0 Å². The molecule has 1 N–H and O–H groups in total. The molecule has 2 aromatic rings. The summed E-state index contributed by atoms with van der Waals surface area (Å²) in [6.07, 6.45) is 2.50. The molecule has 0 bridgehead atoms. The van der Waals surface area contributed by atoms with Crippen LogP contribution in [-0.4, -0.2) is 47.1 Å². The van der Waals surface area contributed by atoms with Gasteiger partial charge >= 0.3 is 0 Å². The smallest absolute Gasteiger partial charge is 0.161 e. The van der Waals surface area contributed by atoms with Crippen LogP contribution < -0.4 is 5.32 Å². The fourth-order valence-corrected chi connectivity index (χ4v) is 3.84. The highest BCUT2D eigenvalue weighted by Gasteiger charge is 2.25. The SMILES string of the molecule is Cc1ccn2c(CC3CS(=O)(=O)CCN3)nnc2c1. The van der Waals surface area contributed by atoms with Crippen molar-refractivity contribution in [2.75, 3.05) is 18.1 Å². The first-order chi connectivity index (χ1) is 9.03. The van der Waals surface area contributed by atoms with Gasteiger partial charge in [0.05, 0.1) is 11.5 Å². The molecule has 1 atom stereocenters. The molecule has 1 saturated heterocycles. The molecule has 1 aliphatic heterocycles. The minimum absolute atomic E-state index is 0.0764. The molecule has 1 unspecified atom stereocenters. The number of hydrogen-bond donors (Lipinski definition) is 1. The first-order valence-electron chi connectivity index (χ1n) is 6.27. The zero-order valence-electron chi connectivity index (χ0n) is 10.7. The second-order valence-electron chi connectivity index (χ2n) is 5.02. The van der Waals surface area contributed by atoms with Crippen molar-refractivity contribution >= 4 is 15.5 Å². The molecule has 0 aromatic carbocycles. The molecule has 0 aliphatic carbocycles. The highest BCUT2D eigenvalue weighted by Crippen LogP contribution is 2.11. The molecule has 7 heteroatoms. The summed E-state index contributed by atoms with van der Waals surface area (Å²) in [5.41, 5.74) is 1.93. The van der Waals surface area contributed by atoms with E-state index in [2.05, 4.69) is 15.5 Å². The Balaban J connectivity index is 1.85. The van der Waals surface area contributed by atoms with Crippen molar-refractivity contribution in [1.29, 1.82) is 0 Å². The van der Waals surface area contributed by atoms with Gasteiger partial charge in [-0.3, -0.25) is 4.40 Å². The number of pyridine rings is 1. The normalized spacial score (nSPS) is 22.7. The molecule has 1 fully saturated rings. The lowest BCUT2D eigenvalue weighted by Gasteiger charge is -2.22. The van der Waals surface area contributed by atoms with Crippen LogP contribution in [0.3, 0.4) is 0 Å². The molecular weight excluding hydrogens is 264 g/mol. The van der Waals surface area contributed by atoms with Crippen molar-refractivity contribution in [3.8, 4) is 0 Å². The van der Waals surface area contributed by atoms with Crippen LogP contribution in [0.25, 0.3) is 5.65 Å². The maximum atomic E-state index is 11.6. The third-order valence-corrected chi connectivity index (χ3v) is 5.10. The molecule has 3 heterocycles. The Bertz CT molecular complexity index is 708. The second kappa shape index (κ2) is 4.57. The van der Waals surface area contributed by atoms with Gasteiger partial charge in [0, 0.05) is 25.2 Å². The summed E-state index contributed by atoms with van der Waals surface area (Å²) in [6.45, 7) is 2.52. The second-order valence-corrected chi connectivity index (χ2v) is 7.25. The predicted molar refractivity (Wildman–Crippen MR) is 71.9 cm³/mol. The predicted octanol–water partition coefficient (Wildman–Crippen LogP) is -0.0332. The van der Waals surface area contributed by atoms with E-state index in [0.717, 1.165) is 17.0 Å². The lowest BCUT2D eigenvalue weighted by Crippen LogP contribution is -2.46. The van der Waals surface area contributed by atoms with Crippen molar-refractivity contribution < 1.29 is 8.42 Å². The van der Waals surface area contributed by atoms with E-state index in [0.29, 0.717) is 13.0 Å². The van der Waals surface area contributed by atoms with E-state index in [1.165, 1.54) is 0 Å². The van der Waals surface area contributed by atoms with E-state index in [9.17, 15) is 8.42 Å². The van der Waals surface area contributed by atoms with Crippen molar-refractivity contribution in [2.45, 2.75) is 19.4 Å². The standard InChI is InChI=1S/C12H16N4O2S/c1-9-2-4-16-11(6-9)14-15-12(16)7-10-8-19(17,18)5-3-13-10/h2,4,6,10,13H,3,5,7-8H2,1H3. The molecule has 102 valence electrons. The largest absolute Gasteiger partial charge is 0.312 e. The van der Waals surface area contributed by atoms with Gasteiger partial charge in [0.25, 0.3) is 0 Å². The zero-order valence-corrected chi connectivity index (χ0v) is 11.5. The summed E-state index contributed by atoms with van der Waals surface area (Å²) in [5, 5.41) is 11.5. The Labute approximate surface area is 111 Å². The number of nitrogens with zero attached hydrogens (tertiary/aromatic N) is 3. The number of aryl methyl sites for hydroxylation is 1. The average Bonchev–Trinajstić information content (AvgIpc) is 2.70. The maximum Gasteiger partial charge on any atom is 0.161 e. The van der Waals surface area contributed by atoms with Gasteiger partial charge < -0.3 is 5.32 Å². The molecule has 6 nitrogen and oxygen atoms in total. The number of fused-ring (bicyclic) bond motifs is 1. The molecule has 0 saturated carbocycles. The van der Waals surface area contributed by atoms with Gasteiger partial charge in [-0.1, -0.05) is 0 Å². The fraction of sp³-hybridized carbons (Fsp3) is 0.500. The quantitative estimate of drug-likeness (QED) is 0.836. The molecule has 2 aromatic heterocycles. The molecule has 19 heavy (non-hydrogen) atoms. The van der Waals surface area contributed by atoms with Crippen LogP contribution in [0.15, 0.2) is 18.3 Å². The number of sulfone groups is 1. The fourth-order valence-electron chi connectivity index (χ4n) is 2.40. The summed E-state index contributed by atoms with van der Waals surface area (Å²) in [7, 11) is -2.92. The third-order valence-electron chi connectivity index (χ3n) is 3.37. The zero-order chi connectivity index (χ0) is 13.5. The first kappa shape index (κ1) is 12.6. The van der Waals surface area contributed by atoms with Crippen molar-refractivity contribution in [3.63, 3.8) is 0 Å². The van der Waals surface area contributed by atoms with Gasteiger partial charge in [-0.05, 0) is 24.6 Å². The molecule has 0 radical (unpaired) electrons. The monoisotopic (exact) mass is 280 g/mol. The van der Waals surface area contributed by atoms with Crippen LogP contribution in [0.5, 0.6) is 0 Å². The Morgan fingerprint density at radius 1 is 1.47 bits per heavy atom. The third kappa shape index (κ3) is 2.62. The highest BCUT2D eigenvalue weighted by atomic mass is 32.2. The minimum atomic E-state index is -2.92. The highest BCUT2D eigenvalue weighted by molar-refractivity contribution is 7.91. The van der Waals surface area contributed by atoms with Crippen LogP contribution in [0.2, 0.25) is 0 Å². The van der Waals surface area contributed by atoms with Crippen LogP contribution >= 0.6 is 0 Å². The Kier molecular flexibility index (Phi) is 3.02. The van der Waals surface area contributed by atoms with E-state index < -0.39 is 9.84 Å². The lowest BCUT2D eigenvalue weighted by molar-refractivity contribution is 0.507. The minimum Gasteiger partial charge on any atom is -0.312 e.